The molecule has 3 heterocycles. The number of hydrogen-bond donors (Lipinski definition) is 4. The third-order valence-electron chi connectivity index (χ3n) is 6.76. The summed E-state index contributed by atoms with van der Waals surface area (Å²) >= 11 is 1.50. The van der Waals surface area contributed by atoms with Gasteiger partial charge in [-0.3, -0.25) is 14.4 Å². The summed E-state index contributed by atoms with van der Waals surface area (Å²) in [7, 11) is 1.38. The van der Waals surface area contributed by atoms with Crippen LogP contribution in [0.1, 0.15) is 61.1 Å². The number of carboxylic acids is 1. The number of ether oxygens (including phenoxy) is 2. The van der Waals surface area contributed by atoms with Gasteiger partial charge in [-0.25, -0.2) is 9.78 Å². The minimum Gasteiger partial charge on any atom is -0.496 e. The Balaban J connectivity index is 1.62. The van der Waals surface area contributed by atoms with Crippen LogP contribution < -0.4 is 25.8 Å². The van der Waals surface area contributed by atoms with Crippen LogP contribution in [0.15, 0.2) is 53.9 Å². The van der Waals surface area contributed by atoms with E-state index in [1.807, 2.05) is 25.3 Å². The summed E-state index contributed by atoms with van der Waals surface area (Å²) in [6, 6.07) is 12.5. The van der Waals surface area contributed by atoms with E-state index in [4.69, 9.17) is 15.2 Å². The summed E-state index contributed by atoms with van der Waals surface area (Å²) in [5.41, 5.74) is 7.58. The van der Waals surface area contributed by atoms with Crippen molar-refractivity contribution >= 4 is 40.7 Å². The molecule has 2 aromatic heterocycles. The second kappa shape index (κ2) is 11.9. The number of benzene rings is 2. The molecule has 1 aliphatic rings. The fourth-order valence-corrected chi connectivity index (χ4v) is 5.59. The first kappa shape index (κ1) is 29.3. The van der Waals surface area contributed by atoms with Crippen molar-refractivity contribution in [2.24, 2.45) is 11.7 Å². The monoisotopic (exact) mass is 600 g/mol. The Morgan fingerprint density at radius 1 is 1.02 bits per heavy atom. The fraction of sp³-hybridized carbons (Fsp3) is 0.194. The third kappa shape index (κ3) is 5.90. The van der Waals surface area contributed by atoms with Gasteiger partial charge >= 0.3 is 5.97 Å². The van der Waals surface area contributed by atoms with Crippen molar-refractivity contribution in [2.75, 3.05) is 19.0 Å². The highest BCUT2D eigenvalue weighted by atomic mass is 32.1. The average molecular weight is 601 g/mol. The molecule has 0 saturated heterocycles. The van der Waals surface area contributed by atoms with E-state index in [9.17, 15) is 24.3 Å². The second-order valence-corrected chi connectivity index (χ2v) is 11.1. The summed E-state index contributed by atoms with van der Waals surface area (Å²) in [6.45, 7) is 4.59. The quantitative estimate of drug-likeness (QED) is 0.212. The van der Waals surface area contributed by atoms with E-state index in [1.54, 1.807) is 12.1 Å². The van der Waals surface area contributed by atoms with Gasteiger partial charge in [-0.05, 0) is 53.8 Å². The van der Waals surface area contributed by atoms with Crippen molar-refractivity contribution < 1.29 is 33.8 Å². The van der Waals surface area contributed by atoms with E-state index in [-0.39, 0.29) is 39.6 Å². The van der Waals surface area contributed by atoms with Gasteiger partial charge in [-0.15, -0.1) is 11.3 Å². The van der Waals surface area contributed by atoms with Crippen LogP contribution in [-0.2, 0) is 6.61 Å². The number of nitrogens with zero attached hydrogens (tertiary/aromatic N) is 1. The van der Waals surface area contributed by atoms with Gasteiger partial charge in [-0.1, -0.05) is 13.8 Å². The number of fused-ring (bicyclic) bond motifs is 3. The molecule has 220 valence electrons. The average Bonchev–Trinajstić information content (AvgIpc) is 3.48. The number of pyridine rings is 1. The van der Waals surface area contributed by atoms with Crippen LogP contribution in [0.5, 0.6) is 11.5 Å². The first-order chi connectivity index (χ1) is 20.6. The molecule has 3 amide bonds. The molecule has 2 aromatic carbocycles. The molecule has 43 heavy (non-hydrogen) atoms. The van der Waals surface area contributed by atoms with E-state index in [1.165, 1.54) is 48.8 Å². The molecule has 0 spiro atoms. The van der Waals surface area contributed by atoms with Gasteiger partial charge in [0.15, 0.2) is 5.69 Å². The number of carboxylic acid groups (broad SMARTS) is 1. The standard InChI is InChI=1S/C31H28N4O7S/c1-15(2)13-33-30(38)23-7-6-18(26(35-23)31(39)40)20-12-25-22(27-16(14-42-25)8-9-43-27)11-21(20)29(37)34-17-4-5-19(28(32)36)24(10-17)41-3/h4-12,15H,13-14H2,1-3H3,(H2,32,36)(H,33,38)(H,34,37)(H,39,40). The lowest BCUT2D eigenvalue weighted by atomic mass is 9.92. The van der Waals surface area contributed by atoms with Crippen LogP contribution in [0.2, 0.25) is 0 Å². The Hall–Kier alpha value is -5.23. The number of hydrogen-bond acceptors (Lipinski definition) is 8. The number of amides is 3. The molecule has 0 bridgehead atoms. The molecular formula is C31H28N4O7S. The number of nitrogens with one attached hydrogen (secondary N) is 2. The minimum absolute atomic E-state index is 0.0631. The molecule has 12 heteroatoms. The lowest BCUT2D eigenvalue weighted by Crippen LogP contribution is -2.28. The Bertz CT molecular complexity index is 1780. The van der Waals surface area contributed by atoms with Crippen LogP contribution in [0, 0.1) is 5.92 Å². The van der Waals surface area contributed by atoms with E-state index in [2.05, 4.69) is 15.6 Å². The molecule has 1 aliphatic heterocycles. The minimum atomic E-state index is -1.37. The van der Waals surface area contributed by atoms with Crippen LogP contribution in [0.4, 0.5) is 5.69 Å². The first-order valence-corrected chi connectivity index (χ1v) is 14.1. The highest BCUT2D eigenvalue weighted by molar-refractivity contribution is 7.13. The number of nitrogens with two attached hydrogens (primary N) is 1. The van der Waals surface area contributed by atoms with Gasteiger partial charge in [0.1, 0.15) is 23.8 Å². The summed E-state index contributed by atoms with van der Waals surface area (Å²) in [6.07, 6.45) is 0. The number of carbonyl (C=O) groups excluding carboxylic acids is 3. The number of rotatable bonds is 9. The zero-order chi connectivity index (χ0) is 30.8. The molecule has 5 N–H and O–H groups in total. The molecule has 0 fully saturated rings. The number of aromatic nitrogens is 1. The maximum atomic E-state index is 13.9. The predicted octanol–water partition coefficient (Wildman–Crippen LogP) is 4.81. The van der Waals surface area contributed by atoms with Crippen molar-refractivity contribution in [3.05, 3.63) is 82.0 Å². The third-order valence-corrected chi connectivity index (χ3v) is 7.75. The summed E-state index contributed by atoms with van der Waals surface area (Å²) in [4.78, 5) is 55.8. The molecule has 0 radical (unpaired) electrons. The van der Waals surface area contributed by atoms with Gasteiger partial charge in [0.25, 0.3) is 17.7 Å². The van der Waals surface area contributed by atoms with E-state index < -0.39 is 29.4 Å². The highest BCUT2D eigenvalue weighted by Gasteiger charge is 2.27. The SMILES string of the molecule is COc1cc(NC(=O)c2cc3c(cc2-c2ccc(C(=O)NCC(C)C)nc2C(=O)O)OCc2ccsc2-3)ccc1C(N)=O. The number of carbonyl (C=O) groups is 4. The van der Waals surface area contributed by atoms with Crippen molar-refractivity contribution in [2.45, 2.75) is 20.5 Å². The molecule has 0 saturated carbocycles. The Morgan fingerprint density at radius 3 is 2.51 bits per heavy atom. The summed E-state index contributed by atoms with van der Waals surface area (Å²) in [5, 5.41) is 17.6. The highest BCUT2D eigenvalue weighted by Crippen LogP contribution is 2.44. The predicted molar refractivity (Wildman–Crippen MR) is 161 cm³/mol. The Kier molecular flexibility index (Phi) is 8.13. The van der Waals surface area contributed by atoms with E-state index in [0.717, 1.165) is 10.4 Å². The van der Waals surface area contributed by atoms with Gasteiger partial charge < -0.3 is 30.9 Å². The number of anilines is 1. The van der Waals surface area contributed by atoms with Gasteiger partial charge in [-0.2, -0.15) is 0 Å². The summed E-state index contributed by atoms with van der Waals surface area (Å²) < 4.78 is 11.3. The fourth-order valence-electron chi connectivity index (χ4n) is 4.65. The number of methoxy groups -OCH3 is 1. The topological polar surface area (TPSA) is 170 Å². The van der Waals surface area contributed by atoms with Crippen LogP contribution in [0.3, 0.4) is 0 Å². The van der Waals surface area contributed by atoms with Crippen LogP contribution in [0.25, 0.3) is 21.6 Å². The zero-order valence-electron chi connectivity index (χ0n) is 23.5. The smallest absolute Gasteiger partial charge is 0.355 e. The van der Waals surface area contributed by atoms with Crippen LogP contribution in [-0.4, -0.2) is 47.4 Å². The molecule has 11 nitrogen and oxygen atoms in total. The number of primary amides is 1. The van der Waals surface area contributed by atoms with Crippen molar-refractivity contribution in [3.63, 3.8) is 0 Å². The van der Waals surface area contributed by atoms with E-state index in [0.29, 0.717) is 30.2 Å². The van der Waals surface area contributed by atoms with Gasteiger partial charge in [0.2, 0.25) is 0 Å². The van der Waals surface area contributed by atoms with Crippen molar-refractivity contribution in [1.82, 2.24) is 10.3 Å². The largest absolute Gasteiger partial charge is 0.496 e. The molecule has 0 unspecified atom stereocenters. The molecule has 5 rings (SSSR count). The normalized spacial score (nSPS) is 11.6. The second-order valence-electron chi connectivity index (χ2n) is 10.2. The maximum absolute atomic E-state index is 13.9. The van der Waals surface area contributed by atoms with Crippen molar-refractivity contribution in [3.8, 4) is 33.1 Å². The Morgan fingerprint density at radius 2 is 1.81 bits per heavy atom. The Labute approximate surface area is 250 Å². The van der Waals surface area contributed by atoms with Gasteiger partial charge in [0.05, 0.1) is 12.7 Å². The lowest BCUT2D eigenvalue weighted by Gasteiger charge is -2.21. The maximum Gasteiger partial charge on any atom is 0.355 e. The van der Waals surface area contributed by atoms with E-state index >= 15 is 0 Å². The first-order valence-electron chi connectivity index (χ1n) is 13.3. The number of aromatic carboxylic acids is 1. The molecule has 0 atom stereocenters. The number of thiophene rings is 1. The van der Waals surface area contributed by atoms with Crippen molar-refractivity contribution in [1.29, 1.82) is 0 Å². The van der Waals surface area contributed by atoms with Crippen LogP contribution >= 0.6 is 11.3 Å². The lowest BCUT2D eigenvalue weighted by molar-refractivity contribution is 0.0690. The summed E-state index contributed by atoms with van der Waals surface area (Å²) in [5.74, 6) is -2.28. The zero-order valence-corrected chi connectivity index (χ0v) is 24.3. The molecular weight excluding hydrogens is 572 g/mol. The molecule has 4 aromatic rings. The molecule has 0 aliphatic carbocycles. The van der Waals surface area contributed by atoms with Gasteiger partial charge in [0, 0.05) is 51.0 Å².